The molecule has 0 radical (unpaired) electrons. The summed E-state index contributed by atoms with van der Waals surface area (Å²) in [5.41, 5.74) is 2.13. The number of nitrogens with zero attached hydrogens (tertiary/aromatic N) is 3. The first-order chi connectivity index (χ1) is 8.70. The molecule has 2 heterocycles. The molecular weight excluding hydrogens is 228 g/mol. The number of anilines is 2. The summed E-state index contributed by atoms with van der Waals surface area (Å²) >= 11 is 0. The maximum absolute atomic E-state index is 11.4. The normalized spacial score (nSPS) is 16.3. The van der Waals surface area contributed by atoms with Crippen molar-refractivity contribution in [2.24, 2.45) is 0 Å². The van der Waals surface area contributed by atoms with Gasteiger partial charge in [-0.3, -0.25) is 9.78 Å². The van der Waals surface area contributed by atoms with Gasteiger partial charge in [0.25, 0.3) is 0 Å². The third-order valence-corrected chi connectivity index (χ3v) is 3.32. The first-order valence-electron chi connectivity index (χ1n) is 6.34. The van der Waals surface area contributed by atoms with Crippen molar-refractivity contribution in [3.63, 3.8) is 0 Å². The highest BCUT2D eigenvalue weighted by atomic mass is 16.2. The monoisotopic (exact) mass is 248 g/mol. The molecule has 0 saturated carbocycles. The van der Waals surface area contributed by atoms with E-state index in [9.17, 15) is 4.79 Å². The van der Waals surface area contributed by atoms with Crippen LogP contribution in [-0.2, 0) is 4.79 Å². The molecule has 98 valence electrons. The van der Waals surface area contributed by atoms with Crippen LogP contribution in [0.5, 0.6) is 0 Å². The lowest BCUT2D eigenvalue weighted by Gasteiger charge is -2.23. The fourth-order valence-electron chi connectivity index (χ4n) is 2.23. The summed E-state index contributed by atoms with van der Waals surface area (Å²) < 4.78 is 0. The number of aromatic nitrogens is 1. The highest BCUT2D eigenvalue weighted by molar-refractivity contribution is 5.73. The second kappa shape index (κ2) is 5.71. The molecule has 18 heavy (non-hydrogen) atoms. The minimum absolute atomic E-state index is 0.166. The van der Waals surface area contributed by atoms with Gasteiger partial charge >= 0.3 is 0 Å². The minimum Gasteiger partial charge on any atom is -0.387 e. The molecular formula is C13H20N4O. The van der Waals surface area contributed by atoms with Gasteiger partial charge in [-0.1, -0.05) is 0 Å². The Labute approximate surface area is 108 Å². The standard InChI is InChI=1S/C13H20N4O/c1-11(18)16-4-3-5-17(7-6-16)13-8-12(14-2)9-15-10-13/h8-10,14H,3-7H2,1-2H3. The van der Waals surface area contributed by atoms with Crippen LogP contribution in [0, 0.1) is 0 Å². The van der Waals surface area contributed by atoms with Gasteiger partial charge in [0.2, 0.25) is 5.91 Å². The third-order valence-electron chi connectivity index (χ3n) is 3.32. The zero-order chi connectivity index (χ0) is 13.0. The Balaban J connectivity index is 2.07. The maximum atomic E-state index is 11.4. The largest absolute Gasteiger partial charge is 0.387 e. The molecule has 0 atom stereocenters. The van der Waals surface area contributed by atoms with Crippen LogP contribution >= 0.6 is 0 Å². The van der Waals surface area contributed by atoms with E-state index < -0.39 is 0 Å². The average Bonchev–Trinajstić information content (AvgIpc) is 2.64. The molecule has 1 saturated heterocycles. The molecule has 1 N–H and O–H groups in total. The second-order valence-corrected chi connectivity index (χ2v) is 4.53. The van der Waals surface area contributed by atoms with Crippen molar-refractivity contribution in [1.82, 2.24) is 9.88 Å². The summed E-state index contributed by atoms with van der Waals surface area (Å²) in [7, 11) is 1.89. The number of amides is 1. The Hall–Kier alpha value is -1.78. The van der Waals surface area contributed by atoms with E-state index in [2.05, 4.69) is 21.3 Å². The Kier molecular flexibility index (Phi) is 4.02. The molecule has 1 aliphatic heterocycles. The number of carbonyl (C=O) groups is 1. The zero-order valence-electron chi connectivity index (χ0n) is 11.0. The Morgan fingerprint density at radius 3 is 2.83 bits per heavy atom. The maximum Gasteiger partial charge on any atom is 0.219 e. The van der Waals surface area contributed by atoms with E-state index in [4.69, 9.17) is 0 Å². The molecule has 1 aromatic heterocycles. The van der Waals surface area contributed by atoms with Crippen LogP contribution < -0.4 is 10.2 Å². The van der Waals surface area contributed by atoms with Crippen molar-refractivity contribution in [2.45, 2.75) is 13.3 Å². The molecule has 0 aliphatic carbocycles. The molecule has 1 aliphatic rings. The summed E-state index contributed by atoms with van der Waals surface area (Å²) in [6.07, 6.45) is 4.69. The molecule has 1 amide bonds. The molecule has 0 spiro atoms. The smallest absolute Gasteiger partial charge is 0.219 e. The molecule has 5 heteroatoms. The summed E-state index contributed by atoms with van der Waals surface area (Å²) in [6, 6.07) is 2.09. The molecule has 2 rings (SSSR count). The molecule has 0 aromatic carbocycles. The topological polar surface area (TPSA) is 48.5 Å². The SMILES string of the molecule is CNc1cncc(N2CCCN(C(C)=O)CC2)c1. The predicted octanol–water partition coefficient (Wildman–Crippen LogP) is 1.18. The number of hydrogen-bond acceptors (Lipinski definition) is 4. The lowest BCUT2D eigenvalue weighted by atomic mass is 10.3. The number of nitrogens with one attached hydrogen (secondary N) is 1. The van der Waals surface area contributed by atoms with Crippen molar-refractivity contribution >= 4 is 17.3 Å². The van der Waals surface area contributed by atoms with E-state index in [1.165, 1.54) is 0 Å². The van der Waals surface area contributed by atoms with E-state index in [0.717, 1.165) is 44.0 Å². The van der Waals surface area contributed by atoms with Crippen LogP contribution in [0.15, 0.2) is 18.5 Å². The van der Waals surface area contributed by atoms with Gasteiger partial charge in [-0.15, -0.1) is 0 Å². The first kappa shape index (κ1) is 12.7. The zero-order valence-corrected chi connectivity index (χ0v) is 11.0. The van der Waals surface area contributed by atoms with Crippen LogP contribution in [0.2, 0.25) is 0 Å². The number of carbonyl (C=O) groups excluding carboxylic acids is 1. The number of rotatable bonds is 2. The van der Waals surface area contributed by atoms with Crippen LogP contribution in [0.25, 0.3) is 0 Å². The van der Waals surface area contributed by atoms with Crippen molar-refractivity contribution in [3.8, 4) is 0 Å². The van der Waals surface area contributed by atoms with Gasteiger partial charge < -0.3 is 15.1 Å². The fourth-order valence-corrected chi connectivity index (χ4v) is 2.23. The Morgan fingerprint density at radius 2 is 2.11 bits per heavy atom. The van der Waals surface area contributed by atoms with Crippen LogP contribution in [0.4, 0.5) is 11.4 Å². The van der Waals surface area contributed by atoms with Crippen molar-refractivity contribution < 1.29 is 4.79 Å². The van der Waals surface area contributed by atoms with Crippen molar-refractivity contribution in [2.75, 3.05) is 43.4 Å². The second-order valence-electron chi connectivity index (χ2n) is 4.53. The molecule has 0 bridgehead atoms. The highest BCUT2D eigenvalue weighted by Crippen LogP contribution is 2.19. The fraction of sp³-hybridized carbons (Fsp3) is 0.538. The molecule has 5 nitrogen and oxygen atoms in total. The van der Waals surface area contributed by atoms with E-state index >= 15 is 0 Å². The quantitative estimate of drug-likeness (QED) is 0.854. The van der Waals surface area contributed by atoms with E-state index in [1.807, 2.05) is 24.3 Å². The minimum atomic E-state index is 0.166. The van der Waals surface area contributed by atoms with Gasteiger partial charge in [0, 0.05) is 40.2 Å². The highest BCUT2D eigenvalue weighted by Gasteiger charge is 2.16. The van der Waals surface area contributed by atoms with E-state index in [1.54, 1.807) is 6.92 Å². The van der Waals surface area contributed by atoms with Gasteiger partial charge in [0.1, 0.15) is 0 Å². The van der Waals surface area contributed by atoms with Gasteiger partial charge in [0.15, 0.2) is 0 Å². The van der Waals surface area contributed by atoms with E-state index in [0.29, 0.717) is 0 Å². The number of hydrogen-bond donors (Lipinski definition) is 1. The summed E-state index contributed by atoms with van der Waals surface area (Å²) in [4.78, 5) is 19.8. The van der Waals surface area contributed by atoms with Gasteiger partial charge in [-0.05, 0) is 12.5 Å². The van der Waals surface area contributed by atoms with Crippen LogP contribution in [-0.4, -0.2) is 49.0 Å². The van der Waals surface area contributed by atoms with Crippen LogP contribution in [0.1, 0.15) is 13.3 Å². The molecule has 1 fully saturated rings. The van der Waals surface area contributed by atoms with Crippen molar-refractivity contribution in [1.29, 1.82) is 0 Å². The van der Waals surface area contributed by atoms with Gasteiger partial charge in [-0.2, -0.15) is 0 Å². The summed E-state index contributed by atoms with van der Waals surface area (Å²) in [5.74, 6) is 0.166. The van der Waals surface area contributed by atoms with Crippen molar-refractivity contribution in [3.05, 3.63) is 18.5 Å². The van der Waals surface area contributed by atoms with Gasteiger partial charge in [0.05, 0.1) is 23.8 Å². The lowest BCUT2D eigenvalue weighted by molar-refractivity contribution is -0.128. The molecule has 0 unspecified atom stereocenters. The lowest BCUT2D eigenvalue weighted by Crippen LogP contribution is -2.33. The van der Waals surface area contributed by atoms with Crippen LogP contribution in [0.3, 0.4) is 0 Å². The predicted molar refractivity (Wildman–Crippen MR) is 72.9 cm³/mol. The summed E-state index contributed by atoms with van der Waals surface area (Å²) in [6.45, 7) is 5.12. The summed E-state index contributed by atoms with van der Waals surface area (Å²) in [5, 5.41) is 3.10. The number of pyridine rings is 1. The van der Waals surface area contributed by atoms with E-state index in [-0.39, 0.29) is 5.91 Å². The van der Waals surface area contributed by atoms with Gasteiger partial charge in [-0.25, -0.2) is 0 Å². The average molecular weight is 248 g/mol. The Bertz CT molecular complexity index is 421. The third kappa shape index (κ3) is 2.91. The first-order valence-corrected chi connectivity index (χ1v) is 6.34. The molecule has 1 aromatic rings. The Morgan fingerprint density at radius 1 is 1.28 bits per heavy atom.